The lowest BCUT2D eigenvalue weighted by Gasteiger charge is -2.38. The Hall–Kier alpha value is -1.55. The van der Waals surface area contributed by atoms with Crippen LogP contribution in [0.1, 0.15) is 38.8 Å². The molecule has 0 saturated carbocycles. The molecule has 106 valence electrons. The molecule has 1 unspecified atom stereocenters. The molecule has 0 saturated heterocycles. The molecule has 0 amide bonds. The number of nitrogens with zero attached hydrogens (tertiary/aromatic N) is 1. The molecule has 1 aromatic rings. The maximum atomic E-state index is 11.4. The molecule has 0 aliphatic rings. The quantitative estimate of drug-likeness (QED) is 0.859. The fourth-order valence-corrected chi connectivity index (χ4v) is 2.10. The summed E-state index contributed by atoms with van der Waals surface area (Å²) in [5, 5.41) is 9.32. The molecule has 1 N–H and O–H groups in total. The van der Waals surface area contributed by atoms with Crippen molar-refractivity contribution in [1.29, 1.82) is 0 Å². The molecule has 0 radical (unpaired) electrons. The van der Waals surface area contributed by atoms with Gasteiger partial charge in [0.25, 0.3) is 0 Å². The first-order valence-electron chi connectivity index (χ1n) is 6.44. The molecule has 0 fully saturated rings. The van der Waals surface area contributed by atoms with Crippen LogP contribution in [0.15, 0.2) is 24.3 Å². The Morgan fingerprint density at radius 3 is 2.26 bits per heavy atom. The minimum absolute atomic E-state index is 0.0667. The van der Waals surface area contributed by atoms with Gasteiger partial charge in [-0.25, -0.2) is 0 Å². The van der Waals surface area contributed by atoms with E-state index in [1.54, 1.807) is 21.0 Å². The summed E-state index contributed by atoms with van der Waals surface area (Å²) < 4.78 is 5.14. The van der Waals surface area contributed by atoms with Crippen LogP contribution in [0.3, 0.4) is 0 Å². The predicted octanol–water partition coefficient (Wildman–Crippen LogP) is 2.94. The number of methoxy groups -OCH3 is 1. The highest BCUT2D eigenvalue weighted by molar-refractivity contribution is 5.77. The lowest BCUT2D eigenvalue weighted by Crippen LogP contribution is -2.49. The van der Waals surface area contributed by atoms with E-state index in [9.17, 15) is 9.90 Å². The summed E-state index contributed by atoms with van der Waals surface area (Å²) in [6, 6.07) is 7.85. The summed E-state index contributed by atoms with van der Waals surface area (Å²) in [4.78, 5) is 13.3. The summed E-state index contributed by atoms with van der Waals surface area (Å²) in [6.07, 6.45) is 0.847. The normalized spacial score (nSPS) is 13.4. The van der Waals surface area contributed by atoms with Gasteiger partial charge in [0.15, 0.2) is 0 Å². The van der Waals surface area contributed by atoms with Crippen molar-refractivity contribution in [2.24, 2.45) is 0 Å². The Bertz CT molecular complexity index is 426. The average molecular weight is 265 g/mol. The molecule has 0 aliphatic carbocycles. The SMILES string of the molecule is CCC(c1ccc(OC)cc1)N(C)C(C)(C)C(=O)O. The monoisotopic (exact) mass is 265 g/mol. The zero-order valence-corrected chi connectivity index (χ0v) is 12.3. The van der Waals surface area contributed by atoms with E-state index >= 15 is 0 Å². The number of likely N-dealkylation sites (N-methyl/N-ethyl adjacent to an activating group) is 1. The Labute approximate surface area is 115 Å². The van der Waals surface area contributed by atoms with Crippen molar-refractivity contribution >= 4 is 5.97 Å². The number of hydrogen-bond donors (Lipinski definition) is 1. The number of rotatable bonds is 6. The molecule has 4 heteroatoms. The van der Waals surface area contributed by atoms with Gasteiger partial charge in [0.05, 0.1) is 7.11 Å². The first-order chi connectivity index (χ1) is 8.84. The smallest absolute Gasteiger partial charge is 0.323 e. The van der Waals surface area contributed by atoms with Crippen molar-refractivity contribution in [2.45, 2.75) is 38.8 Å². The van der Waals surface area contributed by atoms with E-state index in [0.29, 0.717) is 0 Å². The van der Waals surface area contributed by atoms with Crippen LogP contribution in [-0.4, -0.2) is 35.7 Å². The van der Waals surface area contributed by atoms with Crippen molar-refractivity contribution in [3.05, 3.63) is 29.8 Å². The molecule has 4 nitrogen and oxygen atoms in total. The highest BCUT2D eigenvalue weighted by atomic mass is 16.5. The summed E-state index contributed by atoms with van der Waals surface area (Å²) in [6.45, 7) is 5.51. The number of carboxylic acid groups (broad SMARTS) is 1. The Balaban J connectivity index is 3.02. The van der Waals surface area contributed by atoms with Gasteiger partial charge >= 0.3 is 5.97 Å². The van der Waals surface area contributed by atoms with Crippen LogP contribution in [0.2, 0.25) is 0 Å². The molecule has 1 atom stereocenters. The zero-order valence-electron chi connectivity index (χ0n) is 12.3. The standard InChI is InChI=1S/C15H23NO3/c1-6-13(16(4)15(2,3)14(17)18)11-7-9-12(19-5)10-8-11/h7-10,13H,6H2,1-5H3,(H,17,18). The molecule has 0 bridgehead atoms. The van der Waals surface area contributed by atoms with Gasteiger partial charge in [-0.05, 0) is 45.0 Å². The second-order valence-electron chi connectivity index (χ2n) is 5.17. The van der Waals surface area contributed by atoms with Crippen LogP contribution in [0.5, 0.6) is 5.75 Å². The minimum atomic E-state index is -0.902. The minimum Gasteiger partial charge on any atom is -0.497 e. The second kappa shape index (κ2) is 6.06. The number of aliphatic carboxylic acids is 1. The van der Waals surface area contributed by atoms with E-state index in [1.807, 2.05) is 36.2 Å². The van der Waals surface area contributed by atoms with Gasteiger partial charge in [-0.3, -0.25) is 9.69 Å². The van der Waals surface area contributed by atoms with Crippen molar-refractivity contribution in [2.75, 3.05) is 14.2 Å². The van der Waals surface area contributed by atoms with Crippen LogP contribution >= 0.6 is 0 Å². The molecular formula is C15H23NO3. The van der Waals surface area contributed by atoms with Gasteiger partial charge in [0.2, 0.25) is 0 Å². The highest BCUT2D eigenvalue weighted by Gasteiger charge is 2.36. The third-order valence-corrected chi connectivity index (χ3v) is 3.76. The Kier molecular flexibility index (Phi) is 4.95. The molecule has 0 heterocycles. The fourth-order valence-electron chi connectivity index (χ4n) is 2.10. The number of carbonyl (C=O) groups is 1. The zero-order chi connectivity index (χ0) is 14.6. The van der Waals surface area contributed by atoms with Crippen molar-refractivity contribution in [1.82, 2.24) is 4.90 Å². The lowest BCUT2D eigenvalue weighted by atomic mass is 9.95. The predicted molar refractivity (Wildman–Crippen MR) is 75.5 cm³/mol. The third kappa shape index (κ3) is 3.26. The number of hydrogen-bond acceptors (Lipinski definition) is 3. The van der Waals surface area contributed by atoms with E-state index in [-0.39, 0.29) is 6.04 Å². The second-order valence-corrected chi connectivity index (χ2v) is 5.17. The lowest BCUT2D eigenvalue weighted by molar-refractivity contribution is -0.150. The highest BCUT2D eigenvalue weighted by Crippen LogP contribution is 2.30. The van der Waals surface area contributed by atoms with Gasteiger partial charge in [0, 0.05) is 6.04 Å². The largest absolute Gasteiger partial charge is 0.497 e. The van der Waals surface area contributed by atoms with E-state index in [1.165, 1.54) is 0 Å². The number of carboxylic acids is 1. The van der Waals surface area contributed by atoms with Crippen molar-refractivity contribution in [3.8, 4) is 5.75 Å². The van der Waals surface area contributed by atoms with E-state index in [2.05, 4.69) is 6.92 Å². The third-order valence-electron chi connectivity index (χ3n) is 3.76. The van der Waals surface area contributed by atoms with Gasteiger partial charge in [0.1, 0.15) is 11.3 Å². The van der Waals surface area contributed by atoms with Crippen LogP contribution in [0, 0.1) is 0 Å². The molecule has 19 heavy (non-hydrogen) atoms. The van der Waals surface area contributed by atoms with Gasteiger partial charge in [-0.1, -0.05) is 19.1 Å². The topological polar surface area (TPSA) is 49.8 Å². The van der Waals surface area contributed by atoms with Crippen molar-refractivity contribution < 1.29 is 14.6 Å². The molecule has 0 aliphatic heterocycles. The molecule has 1 aromatic carbocycles. The first kappa shape index (κ1) is 15.5. The number of ether oxygens (including phenoxy) is 1. The van der Waals surface area contributed by atoms with E-state index in [0.717, 1.165) is 17.7 Å². The Morgan fingerprint density at radius 2 is 1.89 bits per heavy atom. The van der Waals surface area contributed by atoms with Gasteiger partial charge in [-0.2, -0.15) is 0 Å². The van der Waals surface area contributed by atoms with Crippen LogP contribution in [0.4, 0.5) is 0 Å². The van der Waals surface area contributed by atoms with Crippen molar-refractivity contribution in [3.63, 3.8) is 0 Å². The van der Waals surface area contributed by atoms with Crippen LogP contribution in [-0.2, 0) is 4.79 Å². The van der Waals surface area contributed by atoms with E-state index in [4.69, 9.17) is 4.74 Å². The van der Waals surface area contributed by atoms with Crippen LogP contribution < -0.4 is 4.74 Å². The fraction of sp³-hybridized carbons (Fsp3) is 0.533. The van der Waals surface area contributed by atoms with Gasteiger partial charge < -0.3 is 9.84 Å². The summed E-state index contributed by atoms with van der Waals surface area (Å²) in [5.74, 6) is -0.0132. The first-order valence-corrected chi connectivity index (χ1v) is 6.44. The molecule has 0 aromatic heterocycles. The summed E-state index contributed by atoms with van der Waals surface area (Å²) >= 11 is 0. The van der Waals surface area contributed by atoms with Crippen LogP contribution in [0.25, 0.3) is 0 Å². The molecular weight excluding hydrogens is 242 g/mol. The Morgan fingerprint density at radius 1 is 1.37 bits per heavy atom. The average Bonchev–Trinajstić information content (AvgIpc) is 2.40. The van der Waals surface area contributed by atoms with E-state index < -0.39 is 11.5 Å². The maximum absolute atomic E-state index is 11.4. The van der Waals surface area contributed by atoms with Gasteiger partial charge in [-0.15, -0.1) is 0 Å². The summed E-state index contributed by atoms with van der Waals surface area (Å²) in [5.41, 5.74) is 0.195. The maximum Gasteiger partial charge on any atom is 0.323 e. The number of benzene rings is 1. The summed E-state index contributed by atoms with van der Waals surface area (Å²) in [7, 11) is 3.48. The molecule has 0 spiro atoms. The molecule has 1 rings (SSSR count).